The van der Waals surface area contributed by atoms with Crippen molar-refractivity contribution in [2.24, 2.45) is 11.3 Å². The number of carboxylic acid groups (broad SMARTS) is 1. The van der Waals surface area contributed by atoms with Gasteiger partial charge >= 0.3 is 5.97 Å². The molecule has 0 radical (unpaired) electrons. The minimum atomic E-state index is -0.911. The fraction of sp³-hybridized carbons (Fsp3) is 0.727. The van der Waals surface area contributed by atoms with E-state index in [2.05, 4.69) is 0 Å². The highest BCUT2D eigenvalue weighted by molar-refractivity contribution is 6.05. The van der Waals surface area contributed by atoms with Gasteiger partial charge in [-0.05, 0) is 5.92 Å². The molecule has 1 N–H and O–H groups in total. The van der Waals surface area contributed by atoms with Gasteiger partial charge in [-0.1, -0.05) is 20.8 Å². The summed E-state index contributed by atoms with van der Waals surface area (Å²) in [4.78, 5) is 35.1. The summed E-state index contributed by atoms with van der Waals surface area (Å²) in [7, 11) is 0. The average Bonchev–Trinajstić information content (AvgIpc) is 2.26. The lowest BCUT2D eigenvalue weighted by molar-refractivity contribution is -0.144. The van der Waals surface area contributed by atoms with E-state index in [1.54, 1.807) is 20.8 Å². The summed E-state index contributed by atoms with van der Waals surface area (Å²) in [6.07, 6.45) is 0.184. The van der Waals surface area contributed by atoms with E-state index in [-0.39, 0.29) is 37.1 Å². The van der Waals surface area contributed by atoms with E-state index in [0.29, 0.717) is 0 Å². The van der Waals surface area contributed by atoms with Gasteiger partial charge in [-0.25, -0.2) is 0 Å². The molecule has 0 aromatic rings. The minimum Gasteiger partial charge on any atom is -0.481 e. The molecule has 1 aliphatic rings. The SMILES string of the molecule is CC(CC(=O)O)CN1C(=O)CC(C)(C)C1=O. The molecule has 1 heterocycles. The average molecular weight is 227 g/mol. The molecule has 0 spiro atoms. The Hall–Kier alpha value is -1.39. The van der Waals surface area contributed by atoms with Gasteiger partial charge < -0.3 is 5.11 Å². The van der Waals surface area contributed by atoms with E-state index < -0.39 is 11.4 Å². The van der Waals surface area contributed by atoms with E-state index in [9.17, 15) is 14.4 Å². The van der Waals surface area contributed by atoms with Gasteiger partial charge in [0.1, 0.15) is 0 Å². The number of imide groups is 1. The molecule has 1 aliphatic heterocycles. The third-order valence-electron chi connectivity index (χ3n) is 2.74. The molecule has 0 aliphatic carbocycles. The molecule has 0 aromatic heterocycles. The van der Waals surface area contributed by atoms with Crippen LogP contribution in [0.5, 0.6) is 0 Å². The summed E-state index contributed by atoms with van der Waals surface area (Å²) < 4.78 is 0. The molecular weight excluding hydrogens is 210 g/mol. The number of likely N-dealkylation sites (tertiary alicyclic amines) is 1. The van der Waals surface area contributed by atoms with Crippen molar-refractivity contribution in [3.05, 3.63) is 0 Å². The molecule has 2 amide bonds. The van der Waals surface area contributed by atoms with Gasteiger partial charge in [0.25, 0.3) is 0 Å². The van der Waals surface area contributed by atoms with Crippen molar-refractivity contribution < 1.29 is 19.5 Å². The van der Waals surface area contributed by atoms with Gasteiger partial charge in [0.2, 0.25) is 11.8 Å². The predicted octanol–water partition coefficient (Wildman–Crippen LogP) is 0.882. The molecule has 1 rings (SSSR count). The molecule has 0 bridgehead atoms. The second kappa shape index (κ2) is 4.23. The van der Waals surface area contributed by atoms with E-state index >= 15 is 0 Å². The van der Waals surface area contributed by atoms with Crippen molar-refractivity contribution in [2.45, 2.75) is 33.6 Å². The molecule has 5 heteroatoms. The number of hydrogen-bond acceptors (Lipinski definition) is 3. The van der Waals surface area contributed by atoms with E-state index in [4.69, 9.17) is 5.11 Å². The maximum absolute atomic E-state index is 11.8. The fourth-order valence-corrected chi connectivity index (χ4v) is 1.89. The lowest BCUT2D eigenvalue weighted by Crippen LogP contribution is -2.36. The summed E-state index contributed by atoms with van der Waals surface area (Å²) >= 11 is 0. The molecule has 5 nitrogen and oxygen atoms in total. The Kier molecular flexibility index (Phi) is 3.35. The third kappa shape index (κ3) is 2.59. The Morgan fingerprint density at radius 1 is 1.50 bits per heavy atom. The third-order valence-corrected chi connectivity index (χ3v) is 2.74. The lowest BCUT2D eigenvalue weighted by Gasteiger charge is -2.20. The molecule has 1 fully saturated rings. The topological polar surface area (TPSA) is 74.7 Å². The molecule has 90 valence electrons. The van der Waals surface area contributed by atoms with Gasteiger partial charge in [-0.3, -0.25) is 19.3 Å². The second-order valence-corrected chi connectivity index (χ2v) is 5.07. The largest absolute Gasteiger partial charge is 0.481 e. The first-order valence-corrected chi connectivity index (χ1v) is 5.30. The number of hydrogen-bond donors (Lipinski definition) is 1. The zero-order valence-electron chi connectivity index (χ0n) is 9.82. The van der Waals surface area contributed by atoms with E-state index in [1.165, 1.54) is 4.90 Å². The van der Waals surface area contributed by atoms with Crippen LogP contribution in [-0.2, 0) is 14.4 Å². The van der Waals surface area contributed by atoms with Crippen LogP contribution in [-0.4, -0.2) is 34.3 Å². The van der Waals surface area contributed by atoms with Crippen molar-refractivity contribution in [3.8, 4) is 0 Å². The Balaban J connectivity index is 2.65. The van der Waals surface area contributed by atoms with Crippen LogP contribution in [0.15, 0.2) is 0 Å². The highest BCUT2D eigenvalue weighted by atomic mass is 16.4. The molecule has 0 aromatic carbocycles. The second-order valence-electron chi connectivity index (χ2n) is 5.07. The van der Waals surface area contributed by atoms with E-state index in [1.807, 2.05) is 0 Å². The van der Waals surface area contributed by atoms with Crippen molar-refractivity contribution in [3.63, 3.8) is 0 Å². The highest BCUT2D eigenvalue weighted by Gasteiger charge is 2.44. The maximum Gasteiger partial charge on any atom is 0.303 e. The minimum absolute atomic E-state index is 0.0303. The number of carbonyl (C=O) groups is 3. The highest BCUT2D eigenvalue weighted by Crippen LogP contribution is 2.32. The van der Waals surface area contributed by atoms with Crippen LogP contribution < -0.4 is 0 Å². The van der Waals surface area contributed by atoms with Crippen LogP contribution in [0.3, 0.4) is 0 Å². The van der Waals surface area contributed by atoms with Gasteiger partial charge in [0.15, 0.2) is 0 Å². The summed E-state index contributed by atoms with van der Waals surface area (Å²) in [6.45, 7) is 5.39. The van der Waals surface area contributed by atoms with Crippen LogP contribution in [0.2, 0.25) is 0 Å². The predicted molar refractivity (Wildman–Crippen MR) is 56.5 cm³/mol. The normalized spacial score (nSPS) is 21.3. The first kappa shape index (κ1) is 12.7. The number of carbonyl (C=O) groups excluding carboxylic acids is 2. The van der Waals surface area contributed by atoms with Gasteiger partial charge in [0, 0.05) is 19.4 Å². The molecule has 1 unspecified atom stereocenters. The van der Waals surface area contributed by atoms with E-state index in [0.717, 1.165) is 0 Å². The Labute approximate surface area is 94.4 Å². The summed E-state index contributed by atoms with van der Waals surface area (Å²) in [5.74, 6) is -1.52. The Bertz CT molecular complexity index is 335. The smallest absolute Gasteiger partial charge is 0.303 e. The molecule has 16 heavy (non-hydrogen) atoms. The summed E-state index contributed by atoms with van der Waals surface area (Å²) in [5.41, 5.74) is -0.639. The molecule has 1 atom stereocenters. The first-order valence-electron chi connectivity index (χ1n) is 5.30. The number of rotatable bonds is 4. The first-order chi connectivity index (χ1) is 7.24. The molecular formula is C11H17NO4. The Morgan fingerprint density at radius 2 is 2.06 bits per heavy atom. The zero-order chi connectivity index (χ0) is 12.5. The van der Waals surface area contributed by atoms with Gasteiger partial charge in [0.05, 0.1) is 5.41 Å². The van der Waals surface area contributed by atoms with Crippen LogP contribution in [0.1, 0.15) is 33.6 Å². The zero-order valence-corrected chi connectivity index (χ0v) is 9.82. The van der Waals surface area contributed by atoms with Crippen molar-refractivity contribution in [2.75, 3.05) is 6.54 Å². The van der Waals surface area contributed by atoms with Crippen LogP contribution in [0.4, 0.5) is 0 Å². The Morgan fingerprint density at radius 3 is 2.44 bits per heavy atom. The molecule has 1 saturated heterocycles. The molecule has 0 saturated carbocycles. The van der Waals surface area contributed by atoms with Crippen molar-refractivity contribution in [1.29, 1.82) is 0 Å². The van der Waals surface area contributed by atoms with Crippen LogP contribution in [0.25, 0.3) is 0 Å². The van der Waals surface area contributed by atoms with Gasteiger partial charge in [-0.15, -0.1) is 0 Å². The maximum atomic E-state index is 11.8. The summed E-state index contributed by atoms with van der Waals surface area (Å²) in [6, 6.07) is 0. The monoisotopic (exact) mass is 227 g/mol. The summed E-state index contributed by atoms with van der Waals surface area (Å²) in [5, 5.41) is 8.60. The fourth-order valence-electron chi connectivity index (χ4n) is 1.89. The quantitative estimate of drug-likeness (QED) is 0.723. The van der Waals surface area contributed by atoms with Gasteiger partial charge in [-0.2, -0.15) is 0 Å². The lowest BCUT2D eigenvalue weighted by atomic mass is 9.92. The van der Waals surface area contributed by atoms with Crippen LogP contribution >= 0.6 is 0 Å². The number of carboxylic acids is 1. The number of nitrogens with zero attached hydrogens (tertiary/aromatic N) is 1. The van der Waals surface area contributed by atoms with Crippen LogP contribution in [0, 0.1) is 11.3 Å². The standard InChI is InChI=1S/C11H17NO4/c1-7(4-9(14)15)6-12-8(13)5-11(2,3)10(12)16/h7H,4-6H2,1-3H3,(H,14,15). The number of amides is 2. The number of aliphatic carboxylic acids is 1. The van der Waals surface area contributed by atoms with Crippen molar-refractivity contribution in [1.82, 2.24) is 4.90 Å². The van der Waals surface area contributed by atoms with Crippen molar-refractivity contribution >= 4 is 17.8 Å².